The quantitative estimate of drug-likeness (QED) is 0.802. The van der Waals surface area contributed by atoms with Gasteiger partial charge in [0.2, 0.25) is 0 Å². The zero-order valence-corrected chi connectivity index (χ0v) is 15.1. The molecule has 25 heavy (non-hydrogen) atoms. The number of methoxy groups -OCH3 is 1. The number of nitrogens with zero attached hydrogens (tertiary/aromatic N) is 3. The average Bonchev–Trinajstić information content (AvgIpc) is 3.14. The maximum absolute atomic E-state index is 13.1. The predicted molar refractivity (Wildman–Crippen MR) is 95.2 cm³/mol. The van der Waals surface area contributed by atoms with E-state index in [0.29, 0.717) is 17.7 Å². The van der Waals surface area contributed by atoms with Crippen molar-refractivity contribution in [3.05, 3.63) is 46.3 Å². The first-order valence-electron chi connectivity index (χ1n) is 8.55. The third kappa shape index (κ3) is 2.92. The molecule has 0 unspecified atom stereocenters. The lowest BCUT2D eigenvalue weighted by Gasteiger charge is -2.18. The first-order chi connectivity index (χ1) is 12.0. The first-order valence-corrected chi connectivity index (χ1v) is 8.55. The van der Waals surface area contributed by atoms with Crippen LogP contribution in [0.4, 0.5) is 5.69 Å². The molecule has 3 rings (SSSR count). The Morgan fingerprint density at radius 1 is 1.28 bits per heavy atom. The van der Waals surface area contributed by atoms with Crippen molar-refractivity contribution in [1.82, 2.24) is 9.78 Å². The molecule has 0 bridgehead atoms. The summed E-state index contributed by atoms with van der Waals surface area (Å²) in [6.45, 7) is 7.33. The Balaban J connectivity index is 1.93. The molecule has 1 aliphatic heterocycles. The van der Waals surface area contributed by atoms with Gasteiger partial charge in [0.05, 0.1) is 23.9 Å². The monoisotopic (exact) mass is 341 g/mol. The molecule has 6 heteroatoms. The van der Waals surface area contributed by atoms with Crippen LogP contribution in [0.2, 0.25) is 0 Å². The van der Waals surface area contributed by atoms with E-state index in [9.17, 15) is 9.59 Å². The van der Waals surface area contributed by atoms with Crippen molar-refractivity contribution < 1.29 is 14.3 Å². The zero-order chi connectivity index (χ0) is 18.1. The van der Waals surface area contributed by atoms with Crippen LogP contribution in [-0.2, 0) is 17.7 Å². The molecule has 0 spiro atoms. The Hall–Kier alpha value is -2.63. The van der Waals surface area contributed by atoms with Gasteiger partial charge in [-0.3, -0.25) is 9.48 Å². The Morgan fingerprint density at radius 2 is 2.04 bits per heavy atom. The molecule has 2 heterocycles. The number of benzene rings is 1. The Labute approximate surface area is 147 Å². The SMILES string of the molecule is CCCn1nc(C)c(C(=O)N2CCc3cc(C(=O)OC)ccc32)c1C. The summed E-state index contributed by atoms with van der Waals surface area (Å²) in [5.74, 6) is -0.387. The lowest BCUT2D eigenvalue weighted by molar-refractivity contribution is 0.0600. The third-order valence-electron chi connectivity index (χ3n) is 4.67. The number of anilines is 1. The van der Waals surface area contributed by atoms with Crippen molar-refractivity contribution >= 4 is 17.6 Å². The second kappa shape index (κ2) is 6.70. The molecular weight excluding hydrogens is 318 g/mol. The van der Waals surface area contributed by atoms with Crippen molar-refractivity contribution in [1.29, 1.82) is 0 Å². The van der Waals surface area contributed by atoms with Crippen LogP contribution in [0.25, 0.3) is 0 Å². The smallest absolute Gasteiger partial charge is 0.337 e. The first kappa shape index (κ1) is 17.2. The van der Waals surface area contributed by atoms with Gasteiger partial charge in [0, 0.05) is 24.5 Å². The summed E-state index contributed by atoms with van der Waals surface area (Å²) in [5, 5.41) is 4.50. The van der Waals surface area contributed by atoms with Crippen molar-refractivity contribution in [2.45, 2.75) is 40.2 Å². The van der Waals surface area contributed by atoms with Gasteiger partial charge in [-0.2, -0.15) is 5.10 Å². The summed E-state index contributed by atoms with van der Waals surface area (Å²) >= 11 is 0. The molecule has 1 aromatic heterocycles. The van der Waals surface area contributed by atoms with Crippen molar-refractivity contribution in [2.24, 2.45) is 0 Å². The van der Waals surface area contributed by atoms with Crippen LogP contribution in [0.5, 0.6) is 0 Å². The zero-order valence-electron chi connectivity index (χ0n) is 15.1. The number of amides is 1. The third-order valence-corrected chi connectivity index (χ3v) is 4.67. The topological polar surface area (TPSA) is 64.4 Å². The minimum atomic E-state index is -0.361. The van der Waals surface area contributed by atoms with E-state index in [2.05, 4.69) is 12.0 Å². The Kier molecular flexibility index (Phi) is 4.61. The average molecular weight is 341 g/mol. The van der Waals surface area contributed by atoms with E-state index in [4.69, 9.17) is 4.74 Å². The number of aromatic nitrogens is 2. The van der Waals surface area contributed by atoms with Crippen LogP contribution in [0.3, 0.4) is 0 Å². The van der Waals surface area contributed by atoms with Crippen LogP contribution in [0.15, 0.2) is 18.2 Å². The van der Waals surface area contributed by atoms with E-state index in [1.807, 2.05) is 30.7 Å². The molecule has 0 N–H and O–H groups in total. The number of carbonyl (C=O) groups excluding carboxylic acids is 2. The summed E-state index contributed by atoms with van der Waals surface area (Å²) in [6, 6.07) is 5.35. The molecule has 1 amide bonds. The van der Waals surface area contributed by atoms with Crippen molar-refractivity contribution in [3.63, 3.8) is 0 Å². The van der Waals surface area contributed by atoms with E-state index in [1.54, 1.807) is 11.0 Å². The predicted octanol–water partition coefficient (Wildman–Crippen LogP) is 2.90. The molecule has 2 aromatic rings. The largest absolute Gasteiger partial charge is 0.465 e. The number of hydrogen-bond donors (Lipinski definition) is 0. The summed E-state index contributed by atoms with van der Waals surface area (Å²) in [4.78, 5) is 26.6. The Morgan fingerprint density at radius 3 is 2.72 bits per heavy atom. The minimum Gasteiger partial charge on any atom is -0.465 e. The highest BCUT2D eigenvalue weighted by Crippen LogP contribution is 2.31. The summed E-state index contributed by atoms with van der Waals surface area (Å²) < 4.78 is 6.67. The number of aryl methyl sites for hydroxylation is 2. The van der Waals surface area contributed by atoms with E-state index in [-0.39, 0.29) is 11.9 Å². The molecule has 0 atom stereocenters. The van der Waals surface area contributed by atoms with E-state index in [1.165, 1.54) is 7.11 Å². The van der Waals surface area contributed by atoms with Crippen LogP contribution < -0.4 is 4.90 Å². The molecule has 0 radical (unpaired) electrons. The van der Waals surface area contributed by atoms with Gasteiger partial charge in [-0.05, 0) is 50.5 Å². The van der Waals surface area contributed by atoms with E-state index in [0.717, 1.165) is 42.0 Å². The Bertz CT molecular complexity index is 839. The standard InChI is InChI=1S/C19H23N3O3/c1-5-9-22-13(3)17(12(2)20-22)18(23)21-10-8-14-11-15(19(24)25-4)6-7-16(14)21/h6-7,11H,5,8-10H2,1-4H3. The van der Waals surface area contributed by atoms with Gasteiger partial charge >= 0.3 is 5.97 Å². The lowest BCUT2D eigenvalue weighted by atomic mass is 10.1. The molecule has 1 aliphatic rings. The fourth-order valence-corrected chi connectivity index (χ4v) is 3.43. The summed E-state index contributed by atoms with van der Waals surface area (Å²) in [7, 11) is 1.37. The highest BCUT2D eigenvalue weighted by Gasteiger charge is 2.30. The highest BCUT2D eigenvalue weighted by atomic mass is 16.5. The van der Waals surface area contributed by atoms with Gasteiger partial charge < -0.3 is 9.64 Å². The molecule has 1 aromatic carbocycles. The number of ether oxygens (including phenoxy) is 1. The molecule has 0 saturated heterocycles. The maximum Gasteiger partial charge on any atom is 0.337 e. The fourth-order valence-electron chi connectivity index (χ4n) is 3.43. The highest BCUT2D eigenvalue weighted by molar-refractivity contribution is 6.09. The van der Waals surface area contributed by atoms with Gasteiger partial charge in [-0.1, -0.05) is 6.92 Å². The molecule has 0 aliphatic carbocycles. The second-order valence-corrected chi connectivity index (χ2v) is 6.31. The molecule has 132 valence electrons. The molecule has 0 saturated carbocycles. The van der Waals surface area contributed by atoms with Crippen LogP contribution in [-0.4, -0.2) is 35.3 Å². The van der Waals surface area contributed by atoms with Crippen LogP contribution in [0, 0.1) is 13.8 Å². The summed E-state index contributed by atoms with van der Waals surface area (Å²) in [6.07, 6.45) is 1.70. The number of carbonyl (C=O) groups is 2. The van der Waals surface area contributed by atoms with Gasteiger partial charge in [-0.25, -0.2) is 4.79 Å². The van der Waals surface area contributed by atoms with Gasteiger partial charge in [0.1, 0.15) is 0 Å². The van der Waals surface area contributed by atoms with Gasteiger partial charge in [-0.15, -0.1) is 0 Å². The minimum absolute atomic E-state index is 0.0260. The van der Waals surface area contributed by atoms with E-state index >= 15 is 0 Å². The molecular formula is C19H23N3O3. The second-order valence-electron chi connectivity index (χ2n) is 6.31. The fraction of sp³-hybridized carbons (Fsp3) is 0.421. The maximum atomic E-state index is 13.1. The van der Waals surface area contributed by atoms with Crippen molar-refractivity contribution in [3.8, 4) is 0 Å². The van der Waals surface area contributed by atoms with Gasteiger partial charge in [0.25, 0.3) is 5.91 Å². The number of rotatable bonds is 4. The number of esters is 1. The lowest BCUT2D eigenvalue weighted by Crippen LogP contribution is -2.29. The van der Waals surface area contributed by atoms with Gasteiger partial charge in [0.15, 0.2) is 0 Å². The van der Waals surface area contributed by atoms with Crippen molar-refractivity contribution in [2.75, 3.05) is 18.6 Å². The molecule has 6 nitrogen and oxygen atoms in total. The van der Waals surface area contributed by atoms with E-state index < -0.39 is 0 Å². The number of fused-ring (bicyclic) bond motifs is 1. The normalized spacial score (nSPS) is 13.0. The van der Waals surface area contributed by atoms with Crippen LogP contribution in [0.1, 0.15) is 51.0 Å². The number of hydrogen-bond acceptors (Lipinski definition) is 4. The summed E-state index contributed by atoms with van der Waals surface area (Å²) in [5.41, 5.74) is 4.71. The van der Waals surface area contributed by atoms with Crippen LogP contribution >= 0.6 is 0 Å². The molecule has 0 fully saturated rings.